The number of benzene rings is 9. The van der Waals surface area contributed by atoms with E-state index in [1.54, 1.807) is 0 Å². The van der Waals surface area contributed by atoms with Crippen molar-refractivity contribution in [2.45, 2.75) is 19.3 Å². The van der Waals surface area contributed by atoms with E-state index in [2.05, 4.69) is 175 Å². The molecule has 66 heavy (non-hydrogen) atoms. The van der Waals surface area contributed by atoms with E-state index in [9.17, 15) is 0 Å². The molecule has 3 aromatic heterocycles. The Labute approximate surface area is 381 Å². The summed E-state index contributed by atoms with van der Waals surface area (Å²) in [5, 5.41) is 4.41. The Morgan fingerprint density at radius 3 is 1.62 bits per heavy atom. The van der Waals surface area contributed by atoms with E-state index in [1.807, 2.05) is 60.7 Å². The second-order valence-electron chi connectivity index (χ2n) is 17.6. The highest BCUT2D eigenvalue weighted by molar-refractivity contribution is 6.20. The number of furan rings is 1. The van der Waals surface area contributed by atoms with Gasteiger partial charge in [-0.2, -0.15) is 0 Å². The standard InChI is InChI=1S/C60H41N5O/c1-60(2)48-31-15-16-32-51(48)65(42-25-13-6-14-26-42)54-49(60)34-36-52-53(54)47-37-40(33-35-50(47)64(52)41-23-11-5-12-24-41)43-27-17-28-44-45-29-18-30-46(56(45)66-55(43)44)59-62-57(38-19-7-3-8-20-38)61-58(63-59)39-21-9-4-10-22-39/h3-37H,1-2H3. The van der Waals surface area contributed by atoms with E-state index in [0.29, 0.717) is 17.5 Å². The van der Waals surface area contributed by atoms with Crippen molar-refractivity contribution in [3.8, 4) is 51.0 Å². The van der Waals surface area contributed by atoms with E-state index in [-0.39, 0.29) is 5.41 Å². The molecular formula is C60H41N5O. The van der Waals surface area contributed by atoms with Crippen LogP contribution in [0.1, 0.15) is 25.0 Å². The number of fused-ring (bicyclic) bond motifs is 9. The summed E-state index contributed by atoms with van der Waals surface area (Å²) in [5.41, 5.74) is 15.5. The maximum Gasteiger partial charge on any atom is 0.167 e. The molecule has 0 bridgehead atoms. The van der Waals surface area contributed by atoms with Gasteiger partial charge in [-0.3, -0.25) is 0 Å². The van der Waals surface area contributed by atoms with Gasteiger partial charge in [-0.05, 0) is 71.3 Å². The highest BCUT2D eigenvalue weighted by atomic mass is 16.3. The van der Waals surface area contributed by atoms with E-state index in [1.165, 1.54) is 33.3 Å². The monoisotopic (exact) mass is 847 g/mol. The van der Waals surface area contributed by atoms with Gasteiger partial charge in [-0.25, -0.2) is 15.0 Å². The summed E-state index contributed by atoms with van der Waals surface area (Å²) in [5.74, 6) is 1.77. The molecule has 13 rings (SSSR count). The molecule has 0 unspecified atom stereocenters. The molecule has 0 N–H and O–H groups in total. The molecule has 4 heterocycles. The van der Waals surface area contributed by atoms with E-state index < -0.39 is 0 Å². The quantitative estimate of drug-likeness (QED) is 0.167. The van der Waals surface area contributed by atoms with Crippen molar-refractivity contribution in [3.63, 3.8) is 0 Å². The van der Waals surface area contributed by atoms with Gasteiger partial charge in [-0.1, -0.05) is 172 Å². The fourth-order valence-electron chi connectivity index (χ4n) is 10.3. The predicted molar refractivity (Wildman–Crippen MR) is 270 cm³/mol. The third kappa shape index (κ3) is 5.78. The van der Waals surface area contributed by atoms with Crippen LogP contribution >= 0.6 is 0 Å². The fourth-order valence-corrected chi connectivity index (χ4v) is 10.3. The van der Waals surface area contributed by atoms with Crippen molar-refractivity contribution < 1.29 is 4.42 Å². The largest absolute Gasteiger partial charge is 0.455 e. The Kier molecular flexibility index (Phi) is 8.46. The Balaban J connectivity index is 1.06. The Bertz CT molecular complexity index is 3780. The third-order valence-corrected chi connectivity index (χ3v) is 13.4. The minimum absolute atomic E-state index is 0.260. The van der Waals surface area contributed by atoms with Crippen molar-refractivity contribution >= 4 is 60.8 Å². The van der Waals surface area contributed by atoms with Crippen LogP contribution < -0.4 is 4.90 Å². The van der Waals surface area contributed by atoms with Gasteiger partial charge in [0.25, 0.3) is 0 Å². The highest BCUT2D eigenvalue weighted by Gasteiger charge is 2.39. The molecule has 1 aliphatic heterocycles. The Morgan fingerprint density at radius 1 is 0.409 bits per heavy atom. The smallest absolute Gasteiger partial charge is 0.167 e. The van der Waals surface area contributed by atoms with Gasteiger partial charge in [0.05, 0.1) is 28.0 Å². The number of aromatic nitrogens is 4. The molecule has 0 saturated carbocycles. The zero-order chi connectivity index (χ0) is 43.9. The van der Waals surface area contributed by atoms with E-state index in [0.717, 1.165) is 72.2 Å². The molecule has 0 atom stereocenters. The fraction of sp³-hybridized carbons (Fsp3) is 0.0500. The lowest BCUT2D eigenvalue weighted by Gasteiger charge is -2.42. The first kappa shape index (κ1) is 37.9. The van der Waals surface area contributed by atoms with Gasteiger partial charge in [-0.15, -0.1) is 0 Å². The number of rotatable bonds is 6. The normalized spacial score (nSPS) is 13.1. The van der Waals surface area contributed by atoms with Crippen molar-refractivity contribution in [1.82, 2.24) is 19.5 Å². The molecule has 0 saturated heterocycles. The summed E-state index contributed by atoms with van der Waals surface area (Å²) in [4.78, 5) is 17.6. The average molecular weight is 848 g/mol. The first-order valence-corrected chi connectivity index (χ1v) is 22.4. The average Bonchev–Trinajstić information content (AvgIpc) is 3.93. The zero-order valence-corrected chi connectivity index (χ0v) is 36.4. The van der Waals surface area contributed by atoms with Crippen LogP contribution in [0.25, 0.3) is 94.7 Å². The van der Waals surface area contributed by atoms with Gasteiger partial charge in [0.1, 0.15) is 11.2 Å². The molecule has 0 fully saturated rings. The van der Waals surface area contributed by atoms with Crippen molar-refractivity contribution in [2.24, 2.45) is 0 Å². The van der Waals surface area contributed by atoms with Gasteiger partial charge in [0.15, 0.2) is 17.5 Å². The molecule has 0 radical (unpaired) electrons. The lowest BCUT2D eigenvalue weighted by Crippen LogP contribution is -2.30. The van der Waals surface area contributed by atoms with Crippen LogP contribution in [0.2, 0.25) is 0 Å². The number of anilines is 3. The second kappa shape index (κ2) is 14.7. The first-order valence-electron chi connectivity index (χ1n) is 22.4. The van der Waals surface area contributed by atoms with Crippen molar-refractivity contribution in [1.29, 1.82) is 0 Å². The van der Waals surface area contributed by atoms with Crippen molar-refractivity contribution in [3.05, 3.63) is 223 Å². The topological polar surface area (TPSA) is 60.0 Å². The van der Waals surface area contributed by atoms with Crippen LogP contribution in [-0.4, -0.2) is 19.5 Å². The number of nitrogens with zero attached hydrogens (tertiary/aromatic N) is 5. The van der Waals surface area contributed by atoms with Crippen LogP contribution in [-0.2, 0) is 5.41 Å². The molecule has 6 heteroatoms. The summed E-state index contributed by atoms with van der Waals surface area (Å²) in [7, 11) is 0. The molecule has 0 amide bonds. The maximum absolute atomic E-state index is 7.11. The summed E-state index contributed by atoms with van der Waals surface area (Å²) in [6, 6.07) is 74.9. The van der Waals surface area contributed by atoms with Crippen LogP contribution in [0.4, 0.5) is 17.1 Å². The summed E-state index contributed by atoms with van der Waals surface area (Å²) < 4.78 is 9.52. The SMILES string of the molecule is CC1(C)c2ccccc2N(c2ccccc2)c2c1ccc1c2c2cc(-c3cccc4c3oc3c(-c5nc(-c6ccccc6)nc(-c6ccccc6)n5)cccc34)ccc2n1-c1ccccc1. The van der Waals surface area contributed by atoms with E-state index >= 15 is 0 Å². The Morgan fingerprint density at radius 2 is 0.955 bits per heavy atom. The molecule has 0 spiro atoms. The molecule has 9 aromatic carbocycles. The third-order valence-electron chi connectivity index (χ3n) is 13.4. The molecule has 0 aliphatic carbocycles. The molecule has 312 valence electrons. The Hall–Kier alpha value is -8.61. The van der Waals surface area contributed by atoms with Crippen LogP contribution in [0.3, 0.4) is 0 Å². The first-order chi connectivity index (χ1) is 32.5. The van der Waals surface area contributed by atoms with E-state index in [4.69, 9.17) is 19.4 Å². The molecule has 6 nitrogen and oxygen atoms in total. The minimum atomic E-state index is -0.260. The number of hydrogen-bond donors (Lipinski definition) is 0. The van der Waals surface area contributed by atoms with Crippen LogP contribution in [0.5, 0.6) is 0 Å². The second-order valence-corrected chi connectivity index (χ2v) is 17.6. The lowest BCUT2D eigenvalue weighted by atomic mass is 9.73. The van der Waals surface area contributed by atoms with Crippen LogP contribution in [0.15, 0.2) is 217 Å². The van der Waals surface area contributed by atoms with Crippen molar-refractivity contribution in [2.75, 3.05) is 4.90 Å². The minimum Gasteiger partial charge on any atom is -0.455 e. The van der Waals surface area contributed by atoms with Gasteiger partial charge >= 0.3 is 0 Å². The zero-order valence-electron chi connectivity index (χ0n) is 36.4. The van der Waals surface area contributed by atoms with Crippen LogP contribution in [0, 0.1) is 0 Å². The number of hydrogen-bond acceptors (Lipinski definition) is 5. The predicted octanol–water partition coefficient (Wildman–Crippen LogP) is 15.6. The van der Waals surface area contributed by atoms with Gasteiger partial charge < -0.3 is 13.9 Å². The summed E-state index contributed by atoms with van der Waals surface area (Å²) in [6.07, 6.45) is 0. The van der Waals surface area contributed by atoms with Gasteiger partial charge in [0.2, 0.25) is 0 Å². The van der Waals surface area contributed by atoms with Gasteiger partial charge in [0, 0.05) is 55.0 Å². The highest BCUT2D eigenvalue weighted by Crippen LogP contribution is 2.56. The molecular weight excluding hydrogens is 807 g/mol. The summed E-state index contributed by atoms with van der Waals surface area (Å²) >= 11 is 0. The summed E-state index contributed by atoms with van der Waals surface area (Å²) in [6.45, 7) is 4.72. The number of para-hydroxylation sites is 5. The maximum atomic E-state index is 7.11. The molecule has 12 aromatic rings. The lowest BCUT2D eigenvalue weighted by molar-refractivity contribution is 0.633. The molecule has 1 aliphatic rings.